The summed E-state index contributed by atoms with van der Waals surface area (Å²) in [4.78, 5) is 19.4. The van der Waals surface area contributed by atoms with Crippen molar-refractivity contribution in [3.63, 3.8) is 0 Å². The first-order valence-electron chi connectivity index (χ1n) is 11.5. The number of likely N-dealkylation sites (tertiary alicyclic amines) is 1. The van der Waals surface area contributed by atoms with Gasteiger partial charge < -0.3 is 9.84 Å². The maximum Gasteiger partial charge on any atom is 0.241 e. The van der Waals surface area contributed by atoms with Crippen LogP contribution in [0.2, 0.25) is 10.0 Å². The summed E-state index contributed by atoms with van der Waals surface area (Å²) >= 11 is 14.1. The summed E-state index contributed by atoms with van der Waals surface area (Å²) in [7, 11) is 0. The molecule has 2 heterocycles. The molecular formula is C25H28Cl2N4O2S. The van der Waals surface area contributed by atoms with E-state index in [0.29, 0.717) is 47.0 Å². The SMILES string of the molecule is O=C(NCCCSCc1ccccc1)C1CCCN(Cc2nc(-c3ccc(Cl)cc3Cl)no2)C1. The number of carbonyl (C=O) groups excluding carboxylic acids is 1. The monoisotopic (exact) mass is 518 g/mol. The van der Waals surface area contributed by atoms with E-state index in [2.05, 4.69) is 44.6 Å². The normalized spacial score (nSPS) is 16.5. The van der Waals surface area contributed by atoms with Crippen LogP contribution >= 0.6 is 35.0 Å². The molecule has 6 nitrogen and oxygen atoms in total. The molecule has 1 aliphatic rings. The molecule has 1 amide bonds. The summed E-state index contributed by atoms with van der Waals surface area (Å²) in [5.74, 6) is 3.11. The Bertz CT molecular complexity index is 1080. The van der Waals surface area contributed by atoms with Crippen molar-refractivity contribution >= 4 is 40.9 Å². The number of nitrogens with zero attached hydrogens (tertiary/aromatic N) is 3. The second-order valence-electron chi connectivity index (χ2n) is 8.39. The molecule has 1 fully saturated rings. The Balaban J connectivity index is 1.19. The van der Waals surface area contributed by atoms with Crippen LogP contribution < -0.4 is 5.32 Å². The number of hydrogen-bond acceptors (Lipinski definition) is 6. The van der Waals surface area contributed by atoms with Crippen LogP contribution in [0.4, 0.5) is 0 Å². The third-order valence-electron chi connectivity index (χ3n) is 5.75. The van der Waals surface area contributed by atoms with E-state index in [1.54, 1.807) is 18.2 Å². The number of halogens is 2. The molecular weight excluding hydrogens is 491 g/mol. The smallest absolute Gasteiger partial charge is 0.241 e. The average molecular weight is 519 g/mol. The van der Waals surface area contributed by atoms with E-state index in [-0.39, 0.29) is 11.8 Å². The van der Waals surface area contributed by atoms with Crippen LogP contribution in [0.15, 0.2) is 53.1 Å². The minimum atomic E-state index is -0.0150. The molecule has 1 unspecified atom stereocenters. The van der Waals surface area contributed by atoms with E-state index in [9.17, 15) is 4.79 Å². The lowest BCUT2D eigenvalue weighted by Gasteiger charge is -2.30. The van der Waals surface area contributed by atoms with E-state index in [0.717, 1.165) is 37.3 Å². The van der Waals surface area contributed by atoms with Gasteiger partial charge in [-0.25, -0.2) is 0 Å². The predicted octanol–water partition coefficient (Wildman–Crippen LogP) is 5.70. The topological polar surface area (TPSA) is 71.3 Å². The number of hydrogen-bond donors (Lipinski definition) is 1. The van der Waals surface area contributed by atoms with Crippen molar-refractivity contribution in [3.05, 3.63) is 70.0 Å². The Labute approximate surface area is 214 Å². The molecule has 2 aromatic carbocycles. The number of piperidine rings is 1. The fourth-order valence-electron chi connectivity index (χ4n) is 4.00. The fraction of sp³-hybridized carbons (Fsp3) is 0.400. The van der Waals surface area contributed by atoms with Crippen molar-refractivity contribution in [2.75, 3.05) is 25.4 Å². The second kappa shape index (κ2) is 12.6. The zero-order chi connectivity index (χ0) is 23.8. The molecule has 1 aromatic heterocycles. The molecule has 0 saturated carbocycles. The molecule has 0 spiro atoms. The number of aromatic nitrogens is 2. The van der Waals surface area contributed by atoms with Crippen LogP contribution in [0.25, 0.3) is 11.4 Å². The zero-order valence-corrected chi connectivity index (χ0v) is 21.2. The van der Waals surface area contributed by atoms with E-state index in [1.165, 1.54) is 5.56 Å². The van der Waals surface area contributed by atoms with Crippen LogP contribution in [0.1, 0.15) is 30.7 Å². The summed E-state index contributed by atoms with van der Waals surface area (Å²) in [5.41, 5.74) is 2.02. The van der Waals surface area contributed by atoms with Gasteiger partial charge in [0.25, 0.3) is 0 Å². The molecule has 1 N–H and O–H groups in total. The van der Waals surface area contributed by atoms with Crippen molar-refractivity contribution in [1.82, 2.24) is 20.4 Å². The fourth-order valence-corrected chi connectivity index (χ4v) is 5.41. The van der Waals surface area contributed by atoms with Crippen LogP contribution in [-0.4, -0.2) is 46.3 Å². The van der Waals surface area contributed by atoms with Gasteiger partial charge in [-0.1, -0.05) is 58.7 Å². The quantitative estimate of drug-likeness (QED) is 0.347. The van der Waals surface area contributed by atoms with Gasteiger partial charge in [-0.05, 0) is 55.3 Å². The van der Waals surface area contributed by atoms with Gasteiger partial charge in [-0.15, -0.1) is 0 Å². The van der Waals surface area contributed by atoms with E-state index in [1.807, 2.05) is 17.8 Å². The zero-order valence-electron chi connectivity index (χ0n) is 18.9. The average Bonchev–Trinajstić information content (AvgIpc) is 3.30. The van der Waals surface area contributed by atoms with Gasteiger partial charge in [-0.3, -0.25) is 9.69 Å². The second-order valence-corrected chi connectivity index (χ2v) is 10.3. The first kappa shape index (κ1) is 25.0. The largest absolute Gasteiger partial charge is 0.356 e. The van der Waals surface area contributed by atoms with Crippen molar-refractivity contribution in [2.24, 2.45) is 5.92 Å². The Hall–Kier alpha value is -2.06. The summed E-state index contributed by atoms with van der Waals surface area (Å²) < 4.78 is 5.44. The number of amides is 1. The summed E-state index contributed by atoms with van der Waals surface area (Å²) in [5, 5.41) is 8.21. The Morgan fingerprint density at radius 1 is 1.21 bits per heavy atom. The van der Waals surface area contributed by atoms with Crippen LogP contribution in [0.3, 0.4) is 0 Å². The number of carbonyl (C=O) groups is 1. The van der Waals surface area contributed by atoms with Crippen molar-refractivity contribution in [2.45, 2.75) is 31.6 Å². The summed E-state index contributed by atoms with van der Waals surface area (Å²) in [6.45, 7) is 2.82. The Morgan fingerprint density at radius 3 is 2.88 bits per heavy atom. The van der Waals surface area contributed by atoms with Crippen LogP contribution in [0, 0.1) is 5.92 Å². The van der Waals surface area contributed by atoms with Crippen molar-refractivity contribution < 1.29 is 9.32 Å². The van der Waals surface area contributed by atoms with Gasteiger partial charge >= 0.3 is 0 Å². The van der Waals surface area contributed by atoms with Crippen LogP contribution in [0.5, 0.6) is 0 Å². The molecule has 3 aromatic rings. The van der Waals surface area contributed by atoms with E-state index >= 15 is 0 Å². The Kier molecular flexibility index (Phi) is 9.27. The number of nitrogens with one attached hydrogen (secondary N) is 1. The lowest BCUT2D eigenvalue weighted by Crippen LogP contribution is -2.43. The van der Waals surface area contributed by atoms with Gasteiger partial charge in [0.15, 0.2) is 0 Å². The number of thioether (sulfide) groups is 1. The van der Waals surface area contributed by atoms with Crippen molar-refractivity contribution in [1.29, 1.82) is 0 Å². The lowest BCUT2D eigenvalue weighted by atomic mass is 9.97. The highest BCUT2D eigenvalue weighted by Gasteiger charge is 2.26. The minimum Gasteiger partial charge on any atom is -0.356 e. The lowest BCUT2D eigenvalue weighted by molar-refractivity contribution is -0.126. The van der Waals surface area contributed by atoms with E-state index < -0.39 is 0 Å². The van der Waals surface area contributed by atoms with Gasteiger partial charge in [0.05, 0.1) is 17.5 Å². The molecule has 0 radical (unpaired) electrons. The van der Waals surface area contributed by atoms with Crippen LogP contribution in [-0.2, 0) is 17.1 Å². The highest BCUT2D eigenvalue weighted by atomic mass is 35.5. The predicted molar refractivity (Wildman–Crippen MR) is 138 cm³/mol. The molecule has 0 aliphatic carbocycles. The summed E-state index contributed by atoms with van der Waals surface area (Å²) in [6.07, 6.45) is 2.84. The van der Waals surface area contributed by atoms with E-state index in [4.69, 9.17) is 27.7 Å². The molecule has 34 heavy (non-hydrogen) atoms. The minimum absolute atomic E-state index is 0.0150. The molecule has 9 heteroatoms. The molecule has 1 atom stereocenters. The third kappa shape index (κ3) is 7.22. The first-order chi connectivity index (χ1) is 16.6. The maximum atomic E-state index is 12.7. The Morgan fingerprint density at radius 2 is 2.06 bits per heavy atom. The molecule has 0 bridgehead atoms. The van der Waals surface area contributed by atoms with Gasteiger partial charge in [0.2, 0.25) is 17.6 Å². The maximum absolute atomic E-state index is 12.7. The van der Waals surface area contributed by atoms with Gasteiger partial charge in [0.1, 0.15) is 0 Å². The van der Waals surface area contributed by atoms with Crippen molar-refractivity contribution in [3.8, 4) is 11.4 Å². The van der Waals surface area contributed by atoms with Gasteiger partial charge in [0, 0.05) is 29.4 Å². The molecule has 4 rings (SSSR count). The van der Waals surface area contributed by atoms with Gasteiger partial charge in [-0.2, -0.15) is 16.7 Å². The highest BCUT2D eigenvalue weighted by Crippen LogP contribution is 2.28. The molecule has 180 valence electrons. The number of benzene rings is 2. The standard InChI is InChI=1S/C25H28Cl2N4O2S/c26-20-9-10-21(22(27)14-20)24-29-23(33-30-24)16-31-12-4-8-19(15-31)25(32)28-11-5-13-34-17-18-6-2-1-3-7-18/h1-3,6-7,9-10,14,19H,4-5,8,11-13,15-17H2,(H,28,32). The third-order valence-corrected chi connectivity index (χ3v) is 7.41. The molecule has 1 saturated heterocycles. The first-order valence-corrected chi connectivity index (χ1v) is 13.4. The highest BCUT2D eigenvalue weighted by molar-refractivity contribution is 7.98. The summed E-state index contributed by atoms with van der Waals surface area (Å²) in [6, 6.07) is 15.6. The number of rotatable bonds is 10. The molecule has 1 aliphatic heterocycles.